The summed E-state index contributed by atoms with van der Waals surface area (Å²) in [5, 5.41) is 4.25. The lowest BCUT2D eigenvalue weighted by Crippen LogP contribution is -2.02. The van der Waals surface area contributed by atoms with Gasteiger partial charge in [-0.1, -0.05) is 30.3 Å². The quantitative estimate of drug-likeness (QED) is 0.805. The molecular weight excluding hydrogens is 186 g/mol. The molecule has 2 unspecified atom stereocenters. The second-order valence-electron chi connectivity index (χ2n) is 4.02. The van der Waals surface area contributed by atoms with Gasteiger partial charge in [-0.2, -0.15) is 5.10 Å². The van der Waals surface area contributed by atoms with Gasteiger partial charge in [0.1, 0.15) is 5.82 Å². The van der Waals surface area contributed by atoms with E-state index in [2.05, 4.69) is 29.4 Å². The lowest BCUT2D eigenvalue weighted by molar-refractivity contribution is 0.635. The van der Waals surface area contributed by atoms with E-state index >= 15 is 0 Å². The van der Waals surface area contributed by atoms with Gasteiger partial charge in [-0.15, -0.1) is 0 Å². The van der Waals surface area contributed by atoms with Gasteiger partial charge in [0.25, 0.3) is 0 Å². The molecule has 2 atom stereocenters. The Hall–Kier alpha value is -1.77. The minimum Gasteiger partial charge on any atom is -0.384 e. The summed E-state index contributed by atoms with van der Waals surface area (Å²) >= 11 is 0. The molecule has 0 radical (unpaired) electrons. The van der Waals surface area contributed by atoms with Crippen LogP contribution >= 0.6 is 0 Å². The molecule has 2 aromatic rings. The molecule has 15 heavy (non-hydrogen) atoms. The molecule has 0 amide bonds. The third-order valence-electron chi connectivity index (χ3n) is 3.00. The SMILES string of the molecule is Nc1ccnn1C1CC1c1ccccc1. The fourth-order valence-corrected chi connectivity index (χ4v) is 2.11. The molecule has 0 bridgehead atoms. The van der Waals surface area contributed by atoms with Crippen molar-refractivity contribution in [2.45, 2.75) is 18.4 Å². The molecule has 1 aliphatic rings. The lowest BCUT2D eigenvalue weighted by Gasteiger charge is -2.03. The Morgan fingerprint density at radius 3 is 2.67 bits per heavy atom. The van der Waals surface area contributed by atoms with Gasteiger partial charge in [0.2, 0.25) is 0 Å². The molecule has 1 aromatic carbocycles. The molecule has 0 aliphatic heterocycles. The number of benzene rings is 1. The Bertz CT molecular complexity index is 461. The first-order valence-electron chi connectivity index (χ1n) is 5.20. The van der Waals surface area contributed by atoms with Crippen LogP contribution in [0.15, 0.2) is 42.6 Å². The van der Waals surface area contributed by atoms with Crippen LogP contribution in [-0.4, -0.2) is 9.78 Å². The van der Waals surface area contributed by atoms with Crippen molar-refractivity contribution in [1.29, 1.82) is 0 Å². The average molecular weight is 199 g/mol. The topological polar surface area (TPSA) is 43.8 Å². The maximum atomic E-state index is 5.82. The first kappa shape index (κ1) is 8.53. The van der Waals surface area contributed by atoms with Gasteiger partial charge >= 0.3 is 0 Å². The Balaban J connectivity index is 1.83. The highest BCUT2D eigenvalue weighted by atomic mass is 15.3. The molecule has 0 saturated heterocycles. The molecule has 1 saturated carbocycles. The van der Waals surface area contributed by atoms with E-state index in [1.165, 1.54) is 5.56 Å². The largest absolute Gasteiger partial charge is 0.384 e. The maximum absolute atomic E-state index is 5.82. The molecular formula is C12H13N3. The summed E-state index contributed by atoms with van der Waals surface area (Å²) < 4.78 is 1.93. The number of hydrogen-bond donors (Lipinski definition) is 1. The van der Waals surface area contributed by atoms with Crippen molar-refractivity contribution in [2.24, 2.45) is 0 Å². The van der Waals surface area contributed by atoms with Gasteiger partial charge in [-0.25, -0.2) is 4.68 Å². The van der Waals surface area contributed by atoms with Crippen LogP contribution in [0.3, 0.4) is 0 Å². The van der Waals surface area contributed by atoms with Gasteiger partial charge in [0.15, 0.2) is 0 Å². The zero-order chi connectivity index (χ0) is 10.3. The minimum absolute atomic E-state index is 0.461. The predicted octanol–water partition coefficient (Wildman–Crippen LogP) is 2.19. The summed E-state index contributed by atoms with van der Waals surface area (Å²) in [6, 6.07) is 12.9. The van der Waals surface area contributed by atoms with E-state index in [0.717, 1.165) is 12.2 Å². The number of hydrogen-bond acceptors (Lipinski definition) is 2. The van der Waals surface area contributed by atoms with E-state index < -0.39 is 0 Å². The molecule has 0 spiro atoms. The van der Waals surface area contributed by atoms with Crippen LogP contribution in [0.5, 0.6) is 0 Å². The number of nitrogens with zero attached hydrogens (tertiary/aromatic N) is 2. The van der Waals surface area contributed by atoms with Crippen LogP contribution in [-0.2, 0) is 0 Å². The molecule has 76 valence electrons. The van der Waals surface area contributed by atoms with Crippen LogP contribution in [0, 0.1) is 0 Å². The molecule has 3 nitrogen and oxygen atoms in total. The second kappa shape index (κ2) is 3.12. The van der Waals surface area contributed by atoms with Crippen molar-refractivity contribution in [2.75, 3.05) is 5.73 Å². The summed E-state index contributed by atoms with van der Waals surface area (Å²) in [6.45, 7) is 0. The van der Waals surface area contributed by atoms with Gasteiger partial charge in [-0.3, -0.25) is 0 Å². The highest BCUT2D eigenvalue weighted by Gasteiger charge is 2.41. The van der Waals surface area contributed by atoms with Crippen LogP contribution in [0.2, 0.25) is 0 Å². The third kappa shape index (κ3) is 1.40. The highest BCUT2D eigenvalue weighted by Crippen LogP contribution is 2.51. The molecule has 1 aliphatic carbocycles. The Morgan fingerprint density at radius 1 is 1.20 bits per heavy atom. The molecule has 1 heterocycles. The zero-order valence-electron chi connectivity index (χ0n) is 8.38. The van der Waals surface area contributed by atoms with Crippen molar-refractivity contribution in [1.82, 2.24) is 9.78 Å². The number of nitrogen functional groups attached to an aromatic ring is 1. The van der Waals surface area contributed by atoms with Gasteiger partial charge in [-0.05, 0) is 18.1 Å². The van der Waals surface area contributed by atoms with Crippen LogP contribution in [0.1, 0.15) is 23.9 Å². The summed E-state index contributed by atoms with van der Waals surface area (Å²) in [7, 11) is 0. The van der Waals surface area contributed by atoms with Crippen molar-refractivity contribution in [3.63, 3.8) is 0 Å². The van der Waals surface area contributed by atoms with Crippen LogP contribution in [0.25, 0.3) is 0 Å². The summed E-state index contributed by atoms with van der Waals surface area (Å²) in [5.41, 5.74) is 7.21. The summed E-state index contributed by atoms with van der Waals surface area (Å²) in [5.74, 6) is 1.35. The zero-order valence-corrected chi connectivity index (χ0v) is 8.38. The van der Waals surface area contributed by atoms with Crippen LogP contribution in [0.4, 0.5) is 5.82 Å². The van der Waals surface area contributed by atoms with Crippen molar-refractivity contribution in [3.8, 4) is 0 Å². The summed E-state index contributed by atoms with van der Waals surface area (Å²) in [6.07, 6.45) is 2.91. The summed E-state index contributed by atoms with van der Waals surface area (Å²) in [4.78, 5) is 0. The Morgan fingerprint density at radius 2 is 2.00 bits per heavy atom. The van der Waals surface area contributed by atoms with Gasteiger partial charge in [0, 0.05) is 5.92 Å². The lowest BCUT2D eigenvalue weighted by atomic mass is 10.1. The number of rotatable bonds is 2. The first-order valence-corrected chi connectivity index (χ1v) is 5.20. The van der Waals surface area contributed by atoms with Crippen molar-refractivity contribution >= 4 is 5.82 Å². The average Bonchev–Trinajstić information content (AvgIpc) is 2.96. The molecule has 3 heteroatoms. The Kier molecular flexibility index (Phi) is 1.78. The fourth-order valence-electron chi connectivity index (χ4n) is 2.11. The van der Waals surface area contributed by atoms with E-state index in [4.69, 9.17) is 5.73 Å². The third-order valence-corrected chi connectivity index (χ3v) is 3.00. The van der Waals surface area contributed by atoms with E-state index in [1.807, 2.05) is 16.8 Å². The van der Waals surface area contributed by atoms with Gasteiger partial charge in [0.05, 0.1) is 12.2 Å². The standard InChI is InChI=1S/C12H13N3/c13-12-6-7-14-15(12)11-8-10(11)9-4-2-1-3-5-9/h1-7,10-11H,8,13H2. The first-order chi connectivity index (χ1) is 7.36. The molecule has 2 N–H and O–H groups in total. The van der Waals surface area contributed by atoms with E-state index in [9.17, 15) is 0 Å². The van der Waals surface area contributed by atoms with Crippen molar-refractivity contribution < 1.29 is 0 Å². The smallest absolute Gasteiger partial charge is 0.121 e. The highest BCUT2D eigenvalue weighted by molar-refractivity contribution is 5.32. The molecule has 1 aromatic heterocycles. The van der Waals surface area contributed by atoms with Crippen LogP contribution < -0.4 is 5.73 Å². The normalized spacial score (nSPS) is 24.0. The fraction of sp³-hybridized carbons (Fsp3) is 0.250. The van der Waals surface area contributed by atoms with Gasteiger partial charge < -0.3 is 5.73 Å². The molecule has 1 fully saturated rings. The molecule has 3 rings (SSSR count). The van der Waals surface area contributed by atoms with E-state index in [1.54, 1.807) is 6.20 Å². The predicted molar refractivity (Wildman–Crippen MR) is 59.5 cm³/mol. The second-order valence-corrected chi connectivity index (χ2v) is 4.02. The van der Waals surface area contributed by atoms with E-state index in [-0.39, 0.29) is 0 Å². The maximum Gasteiger partial charge on any atom is 0.121 e. The number of aromatic nitrogens is 2. The van der Waals surface area contributed by atoms with E-state index in [0.29, 0.717) is 12.0 Å². The van der Waals surface area contributed by atoms with Crippen molar-refractivity contribution in [3.05, 3.63) is 48.2 Å². The number of nitrogens with two attached hydrogens (primary N) is 1. The minimum atomic E-state index is 0.461. The monoisotopic (exact) mass is 199 g/mol. The number of anilines is 1. The Labute approximate surface area is 88.5 Å².